The first-order valence-electron chi connectivity index (χ1n) is 9.31. The molecule has 1 amide bonds. The highest BCUT2D eigenvalue weighted by Gasteiger charge is 2.19. The lowest BCUT2D eigenvalue weighted by Gasteiger charge is -2.17. The topological polar surface area (TPSA) is 60.3 Å². The summed E-state index contributed by atoms with van der Waals surface area (Å²) < 4.78 is 7.25. The predicted molar refractivity (Wildman–Crippen MR) is 109 cm³/mol. The molecule has 3 rings (SSSR count). The molecular weight excluding hydrogens is 352 g/mol. The Labute approximate surface area is 165 Å². The van der Waals surface area contributed by atoms with Crippen molar-refractivity contribution in [2.24, 2.45) is 0 Å². The molecule has 144 valence electrons. The van der Waals surface area contributed by atoms with Gasteiger partial charge in [0.15, 0.2) is 6.10 Å². The SMILES string of the molecule is CC(OC(=O)c1ccc(-n2cccc2)cc1)C(=O)NCC(C)c1ccccc1. The lowest BCUT2D eigenvalue weighted by Crippen LogP contribution is -2.37. The Balaban J connectivity index is 1.51. The van der Waals surface area contributed by atoms with Crippen molar-refractivity contribution in [1.29, 1.82) is 0 Å². The predicted octanol–water partition coefficient (Wildman–Crippen LogP) is 3.94. The van der Waals surface area contributed by atoms with Gasteiger partial charge in [-0.15, -0.1) is 0 Å². The second-order valence-electron chi connectivity index (χ2n) is 6.74. The monoisotopic (exact) mass is 376 g/mol. The molecule has 2 atom stereocenters. The highest BCUT2D eigenvalue weighted by molar-refractivity contribution is 5.92. The smallest absolute Gasteiger partial charge is 0.338 e. The Morgan fingerprint density at radius 3 is 2.21 bits per heavy atom. The number of hydrogen-bond donors (Lipinski definition) is 1. The van der Waals surface area contributed by atoms with Gasteiger partial charge >= 0.3 is 5.97 Å². The molecule has 1 heterocycles. The molecule has 0 radical (unpaired) electrons. The number of esters is 1. The number of nitrogens with one attached hydrogen (secondary N) is 1. The van der Waals surface area contributed by atoms with Crippen LogP contribution in [0.5, 0.6) is 0 Å². The summed E-state index contributed by atoms with van der Waals surface area (Å²) in [7, 11) is 0. The fraction of sp³-hybridized carbons (Fsp3) is 0.217. The van der Waals surface area contributed by atoms with Gasteiger partial charge in [0.05, 0.1) is 5.56 Å². The third-order valence-electron chi connectivity index (χ3n) is 4.61. The third kappa shape index (κ3) is 4.88. The fourth-order valence-corrected chi connectivity index (χ4v) is 2.86. The highest BCUT2D eigenvalue weighted by Crippen LogP contribution is 2.14. The van der Waals surface area contributed by atoms with E-state index >= 15 is 0 Å². The normalized spacial score (nSPS) is 12.8. The zero-order valence-corrected chi connectivity index (χ0v) is 16.0. The molecule has 3 aromatic rings. The van der Waals surface area contributed by atoms with E-state index in [1.54, 1.807) is 19.1 Å². The van der Waals surface area contributed by atoms with Crippen molar-refractivity contribution in [3.05, 3.63) is 90.3 Å². The summed E-state index contributed by atoms with van der Waals surface area (Å²) in [6.45, 7) is 4.10. The summed E-state index contributed by atoms with van der Waals surface area (Å²) in [6, 6.07) is 20.9. The second-order valence-corrected chi connectivity index (χ2v) is 6.74. The lowest BCUT2D eigenvalue weighted by atomic mass is 10.0. The van der Waals surface area contributed by atoms with E-state index in [2.05, 4.69) is 5.32 Å². The van der Waals surface area contributed by atoms with E-state index in [1.807, 2.05) is 78.5 Å². The number of amides is 1. The molecule has 0 saturated carbocycles. The number of hydrogen-bond acceptors (Lipinski definition) is 3. The number of rotatable bonds is 7. The van der Waals surface area contributed by atoms with E-state index in [1.165, 1.54) is 0 Å². The molecule has 5 heteroatoms. The third-order valence-corrected chi connectivity index (χ3v) is 4.61. The summed E-state index contributed by atoms with van der Waals surface area (Å²) in [6.07, 6.45) is 2.99. The van der Waals surface area contributed by atoms with Gasteiger partial charge < -0.3 is 14.6 Å². The van der Waals surface area contributed by atoms with Crippen LogP contribution in [0.1, 0.15) is 35.7 Å². The van der Waals surface area contributed by atoms with Crippen LogP contribution in [-0.4, -0.2) is 29.1 Å². The van der Waals surface area contributed by atoms with Crippen LogP contribution >= 0.6 is 0 Å². The van der Waals surface area contributed by atoms with Crippen LogP contribution in [0.15, 0.2) is 79.1 Å². The number of carbonyl (C=O) groups excluding carboxylic acids is 2. The maximum Gasteiger partial charge on any atom is 0.338 e. The van der Waals surface area contributed by atoms with Gasteiger partial charge in [0.1, 0.15) is 0 Å². The molecule has 0 aliphatic carbocycles. The quantitative estimate of drug-likeness (QED) is 0.635. The molecule has 28 heavy (non-hydrogen) atoms. The van der Waals surface area contributed by atoms with Gasteiger partial charge in [0.2, 0.25) is 0 Å². The molecule has 5 nitrogen and oxygen atoms in total. The van der Waals surface area contributed by atoms with Crippen LogP contribution in [0.4, 0.5) is 0 Å². The van der Waals surface area contributed by atoms with Crippen LogP contribution < -0.4 is 5.32 Å². The van der Waals surface area contributed by atoms with Crippen molar-refractivity contribution in [3.63, 3.8) is 0 Å². The average Bonchev–Trinajstić information content (AvgIpc) is 3.27. The van der Waals surface area contributed by atoms with Gasteiger partial charge in [-0.05, 0) is 54.8 Å². The van der Waals surface area contributed by atoms with Gasteiger partial charge in [-0.25, -0.2) is 4.79 Å². The van der Waals surface area contributed by atoms with Crippen molar-refractivity contribution in [2.75, 3.05) is 6.54 Å². The van der Waals surface area contributed by atoms with E-state index < -0.39 is 12.1 Å². The maximum atomic E-state index is 12.3. The number of nitrogens with zero attached hydrogens (tertiary/aromatic N) is 1. The number of benzene rings is 2. The zero-order valence-electron chi connectivity index (χ0n) is 16.0. The van der Waals surface area contributed by atoms with Crippen LogP contribution in [0, 0.1) is 0 Å². The Morgan fingerprint density at radius 1 is 0.929 bits per heavy atom. The Kier molecular flexibility index (Phi) is 6.27. The highest BCUT2D eigenvalue weighted by atomic mass is 16.5. The molecule has 0 saturated heterocycles. The summed E-state index contributed by atoms with van der Waals surface area (Å²) in [4.78, 5) is 24.6. The molecular formula is C23H24N2O3. The molecule has 1 aromatic heterocycles. The van der Waals surface area contributed by atoms with Gasteiger partial charge in [0.25, 0.3) is 5.91 Å². The van der Waals surface area contributed by atoms with E-state index in [0.29, 0.717) is 12.1 Å². The molecule has 0 fully saturated rings. The van der Waals surface area contributed by atoms with Crippen molar-refractivity contribution in [3.8, 4) is 5.69 Å². The van der Waals surface area contributed by atoms with Crippen molar-refractivity contribution < 1.29 is 14.3 Å². The van der Waals surface area contributed by atoms with Crippen LogP contribution in [-0.2, 0) is 9.53 Å². The number of carbonyl (C=O) groups is 2. The van der Waals surface area contributed by atoms with Gasteiger partial charge in [-0.3, -0.25) is 4.79 Å². The first kappa shape index (κ1) is 19.4. The number of ether oxygens (including phenoxy) is 1. The van der Waals surface area contributed by atoms with E-state index in [-0.39, 0.29) is 11.8 Å². The standard InChI is InChI=1S/C23H24N2O3/c1-17(19-8-4-3-5-9-19)16-24-22(26)18(2)28-23(27)20-10-12-21(13-11-20)25-14-6-7-15-25/h3-15,17-18H,16H2,1-2H3,(H,24,26). The molecule has 1 N–H and O–H groups in total. The summed E-state index contributed by atoms with van der Waals surface area (Å²) >= 11 is 0. The largest absolute Gasteiger partial charge is 0.449 e. The minimum Gasteiger partial charge on any atom is -0.449 e. The molecule has 2 aromatic carbocycles. The van der Waals surface area contributed by atoms with Gasteiger partial charge in [0, 0.05) is 24.6 Å². The maximum absolute atomic E-state index is 12.3. The summed E-state index contributed by atoms with van der Waals surface area (Å²) in [5.41, 5.74) is 2.51. The summed E-state index contributed by atoms with van der Waals surface area (Å²) in [5, 5.41) is 2.85. The second kappa shape index (κ2) is 9.04. The van der Waals surface area contributed by atoms with Crippen LogP contribution in [0.2, 0.25) is 0 Å². The Morgan fingerprint density at radius 2 is 1.57 bits per heavy atom. The van der Waals surface area contributed by atoms with E-state index in [0.717, 1.165) is 11.3 Å². The van der Waals surface area contributed by atoms with Crippen molar-refractivity contribution >= 4 is 11.9 Å². The first-order chi connectivity index (χ1) is 13.5. The lowest BCUT2D eigenvalue weighted by molar-refractivity contribution is -0.129. The van der Waals surface area contributed by atoms with Crippen molar-refractivity contribution in [2.45, 2.75) is 25.9 Å². The summed E-state index contributed by atoms with van der Waals surface area (Å²) in [5.74, 6) is -0.646. The van der Waals surface area contributed by atoms with Crippen LogP contribution in [0.3, 0.4) is 0 Å². The molecule has 0 aliphatic rings. The number of aromatic nitrogens is 1. The van der Waals surface area contributed by atoms with E-state index in [4.69, 9.17) is 4.74 Å². The molecule has 0 aliphatic heterocycles. The molecule has 0 bridgehead atoms. The fourth-order valence-electron chi connectivity index (χ4n) is 2.86. The van der Waals surface area contributed by atoms with Gasteiger partial charge in [-0.2, -0.15) is 0 Å². The molecule has 2 unspecified atom stereocenters. The first-order valence-corrected chi connectivity index (χ1v) is 9.31. The minimum atomic E-state index is -0.861. The van der Waals surface area contributed by atoms with Crippen LogP contribution in [0.25, 0.3) is 5.69 Å². The zero-order chi connectivity index (χ0) is 19.9. The van der Waals surface area contributed by atoms with Crippen molar-refractivity contribution in [1.82, 2.24) is 9.88 Å². The Bertz CT molecular complexity index is 903. The molecule has 0 spiro atoms. The minimum absolute atomic E-state index is 0.175. The Hall–Kier alpha value is -3.34. The van der Waals surface area contributed by atoms with Gasteiger partial charge in [-0.1, -0.05) is 37.3 Å². The average molecular weight is 376 g/mol. The van der Waals surface area contributed by atoms with E-state index in [9.17, 15) is 9.59 Å².